The second-order valence-corrected chi connectivity index (χ2v) is 6.11. The Balaban J connectivity index is 2.60. The molecule has 4 atom stereocenters. The summed E-state index contributed by atoms with van der Waals surface area (Å²) in [7, 11) is 0. The minimum absolute atomic E-state index is 0.00255. The number of hydrogen-bond acceptors (Lipinski definition) is 2. The minimum atomic E-state index is -0.00255. The molecule has 0 aromatic rings. The summed E-state index contributed by atoms with van der Waals surface area (Å²) in [5.74, 6) is 1.90. The Labute approximate surface area is 106 Å². The third-order valence-electron chi connectivity index (χ3n) is 4.24. The molecule has 0 N–H and O–H groups in total. The lowest BCUT2D eigenvalue weighted by atomic mass is 9.75. The van der Waals surface area contributed by atoms with Gasteiger partial charge >= 0.3 is 5.97 Å². The van der Waals surface area contributed by atoms with Crippen molar-refractivity contribution in [1.82, 2.24) is 0 Å². The van der Waals surface area contributed by atoms with Crippen molar-refractivity contribution in [2.75, 3.05) is 0 Å². The first-order valence-corrected chi connectivity index (χ1v) is 7.16. The second-order valence-electron chi connectivity index (χ2n) is 6.11. The highest BCUT2D eigenvalue weighted by molar-refractivity contribution is 5.72. The first-order valence-electron chi connectivity index (χ1n) is 7.16. The summed E-state index contributed by atoms with van der Waals surface area (Å²) >= 11 is 0. The molecule has 100 valence electrons. The number of hydrogen-bond donors (Lipinski definition) is 0. The number of esters is 1. The van der Waals surface area contributed by atoms with E-state index in [9.17, 15) is 4.79 Å². The molecule has 1 saturated carbocycles. The molecule has 1 rings (SSSR count). The van der Waals surface area contributed by atoms with Gasteiger partial charge in [0.2, 0.25) is 0 Å². The zero-order valence-electron chi connectivity index (χ0n) is 12.0. The maximum Gasteiger partial charge on any atom is 0.308 e. The molecule has 0 aromatic carbocycles. The third kappa shape index (κ3) is 4.01. The van der Waals surface area contributed by atoms with Crippen molar-refractivity contribution in [2.24, 2.45) is 23.7 Å². The Bertz CT molecular complexity index is 247. The van der Waals surface area contributed by atoms with Gasteiger partial charge in [-0.2, -0.15) is 0 Å². The maximum absolute atomic E-state index is 11.9. The Morgan fingerprint density at radius 3 is 2.47 bits per heavy atom. The summed E-state index contributed by atoms with van der Waals surface area (Å²) in [4.78, 5) is 11.9. The zero-order chi connectivity index (χ0) is 13.0. The highest BCUT2D eigenvalue weighted by Crippen LogP contribution is 2.35. The molecule has 0 radical (unpaired) electrons. The van der Waals surface area contributed by atoms with E-state index in [2.05, 4.69) is 20.8 Å². The largest absolute Gasteiger partial charge is 0.462 e. The Hall–Kier alpha value is -0.530. The molecule has 0 spiro atoms. The van der Waals surface area contributed by atoms with Gasteiger partial charge in [0.25, 0.3) is 0 Å². The van der Waals surface area contributed by atoms with Gasteiger partial charge in [-0.3, -0.25) is 4.79 Å². The van der Waals surface area contributed by atoms with Crippen molar-refractivity contribution in [3.8, 4) is 0 Å². The second kappa shape index (κ2) is 6.42. The standard InChI is InChI=1S/C15H28O2/c1-6-12(5)15(16)17-14-9-11(4)7-8-13(14)10(2)3/h10-14H,6-9H2,1-5H3. The molecule has 4 unspecified atom stereocenters. The van der Waals surface area contributed by atoms with Gasteiger partial charge in [-0.25, -0.2) is 0 Å². The van der Waals surface area contributed by atoms with Crippen LogP contribution in [0.25, 0.3) is 0 Å². The predicted octanol–water partition coefficient (Wildman–Crippen LogP) is 4.04. The lowest BCUT2D eigenvalue weighted by molar-refractivity contribution is -0.160. The molecule has 0 aliphatic heterocycles. The van der Waals surface area contributed by atoms with E-state index in [1.165, 1.54) is 12.8 Å². The van der Waals surface area contributed by atoms with E-state index >= 15 is 0 Å². The van der Waals surface area contributed by atoms with Crippen LogP contribution in [0.15, 0.2) is 0 Å². The topological polar surface area (TPSA) is 26.3 Å². The molecule has 0 saturated heterocycles. The number of carbonyl (C=O) groups excluding carboxylic acids is 1. The molecular weight excluding hydrogens is 212 g/mol. The molecular formula is C15H28O2. The average Bonchev–Trinajstić information content (AvgIpc) is 2.27. The van der Waals surface area contributed by atoms with E-state index in [-0.39, 0.29) is 18.0 Å². The van der Waals surface area contributed by atoms with Gasteiger partial charge in [0.1, 0.15) is 6.10 Å². The Morgan fingerprint density at radius 2 is 1.94 bits per heavy atom. The molecule has 17 heavy (non-hydrogen) atoms. The minimum Gasteiger partial charge on any atom is -0.462 e. The van der Waals surface area contributed by atoms with Gasteiger partial charge in [0.05, 0.1) is 5.92 Å². The first kappa shape index (κ1) is 14.5. The normalized spacial score (nSPS) is 31.3. The fourth-order valence-electron chi connectivity index (χ4n) is 2.68. The third-order valence-corrected chi connectivity index (χ3v) is 4.24. The van der Waals surface area contributed by atoms with Crippen LogP contribution in [0.5, 0.6) is 0 Å². The van der Waals surface area contributed by atoms with Crippen molar-refractivity contribution in [2.45, 2.75) is 66.4 Å². The van der Waals surface area contributed by atoms with Crippen LogP contribution >= 0.6 is 0 Å². The molecule has 2 heteroatoms. The van der Waals surface area contributed by atoms with E-state index in [0.717, 1.165) is 12.8 Å². The molecule has 0 aromatic heterocycles. The van der Waals surface area contributed by atoms with E-state index < -0.39 is 0 Å². The molecule has 1 fully saturated rings. The van der Waals surface area contributed by atoms with Crippen molar-refractivity contribution in [3.63, 3.8) is 0 Å². The molecule has 1 aliphatic rings. The number of rotatable bonds is 4. The van der Waals surface area contributed by atoms with Crippen LogP contribution in [0.2, 0.25) is 0 Å². The highest BCUT2D eigenvalue weighted by Gasteiger charge is 2.33. The van der Waals surface area contributed by atoms with E-state index in [1.807, 2.05) is 13.8 Å². The van der Waals surface area contributed by atoms with Crippen LogP contribution in [-0.4, -0.2) is 12.1 Å². The van der Waals surface area contributed by atoms with Crippen LogP contribution in [0.3, 0.4) is 0 Å². The summed E-state index contributed by atoms with van der Waals surface area (Å²) in [5.41, 5.74) is 0. The molecule has 0 bridgehead atoms. The first-order chi connectivity index (χ1) is 7.95. The van der Waals surface area contributed by atoms with E-state index in [1.54, 1.807) is 0 Å². The van der Waals surface area contributed by atoms with Gasteiger partial charge < -0.3 is 4.74 Å². The fourth-order valence-corrected chi connectivity index (χ4v) is 2.68. The summed E-state index contributed by atoms with van der Waals surface area (Å²) in [6.07, 6.45) is 4.55. The SMILES string of the molecule is CCC(C)C(=O)OC1CC(C)CCC1C(C)C. The maximum atomic E-state index is 11.9. The van der Waals surface area contributed by atoms with Crippen LogP contribution in [0.1, 0.15) is 60.3 Å². The molecule has 2 nitrogen and oxygen atoms in total. The summed E-state index contributed by atoms with van der Waals surface area (Å²) in [6.45, 7) is 10.7. The van der Waals surface area contributed by atoms with Crippen LogP contribution in [-0.2, 0) is 9.53 Å². The number of carbonyl (C=O) groups is 1. The summed E-state index contributed by atoms with van der Waals surface area (Å²) in [6, 6.07) is 0. The Morgan fingerprint density at radius 1 is 1.29 bits per heavy atom. The van der Waals surface area contributed by atoms with Crippen LogP contribution in [0, 0.1) is 23.7 Å². The van der Waals surface area contributed by atoms with Crippen molar-refractivity contribution in [1.29, 1.82) is 0 Å². The molecule has 1 aliphatic carbocycles. The zero-order valence-corrected chi connectivity index (χ0v) is 12.0. The quantitative estimate of drug-likeness (QED) is 0.693. The van der Waals surface area contributed by atoms with E-state index in [0.29, 0.717) is 17.8 Å². The van der Waals surface area contributed by atoms with Gasteiger partial charge in [-0.15, -0.1) is 0 Å². The van der Waals surface area contributed by atoms with Gasteiger partial charge in [-0.1, -0.05) is 41.0 Å². The van der Waals surface area contributed by atoms with Gasteiger partial charge in [0.15, 0.2) is 0 Å². The lowest BCUT2D eigenvalue weighted by Crippen LogP contribution is -2.37. The monoisotopic (exact) mass is 240 g/mol. The lowest BCUT2D eigenvalue weighted by Gasteiger charge is -2.37. The smallest absolute Gasteiger partial charge is 0.308 e. The van der Waals surface area contributed by atoms with Crippen molar-refractivity contribution >= 4 is 5.97 Å². The van der Waals surface area contributed by atoms with Crippen molar-refractivity contribution < 1.29 is 9.53 Å². The molecule has 0 amide bonds. The average molecular weight is 240 g/mol. The van der Waals surface area contributed by atoms with Gasteiger partial charge in [0, 0.05) is 0 Å². The van der Waals surface area contributed by atoms with Crippen molar-refractivity contribution in [3.05, 3.63) is 0 Å². The Kier molecular flexibility index (Phi) is 5.48. The summed E-state index contributed by atoms with van der Waals surface area (Å²) < 4.78 is 5.75. The molecule has 0 heterocycles. The highest BCUT2D eigenvalue weighted by atomic mass is 16.5. The van der Waals surface area contributed by atoms with Gasteiger partial charge in [-0.05, 0) is 37.0 Å². The van der Waals surface area contributed by atoms with E-state index in [4.69, 9.17) is 4.74 Å². The number of ether oxygens (including phenoxy) is 1. The predicted molar refractivity (Wildman–Crippen MR) is 70.7 cm³/mol. The van der Waals surface area contributed by atoms with Crippen LogP contribution < -0.4 is 0 Å². The van der Waals surface area contributed by atoms with Crippen LogP contribution in [0.4, 0.5) is 0 Å². The summed E-state index contributed by atoms with van der Waals surface area (Å²) in [5, 5.41) is 0. The fraction of sp³-hybridized carbons (Fsp3) is 0.933.